The van der Waals surface area contributed by atoms with Crippen LogP contribution in [0.3, 0.4) is 0 Å². The molecule has 5 heteroatoms. The van der Waals surface area contributed by atoms with Crippen molar-refractivity contribution in [2.45, 2.75) is 0 Å². The predicted octanol–water partition coefficient (Wildman–Crippen LogP) is 4.92. The molecule has 0 amide bonds. The monoisotopic (exact) mass is 567 g/mol. The molecule has 0 spiro atoms. The Balaban J connectivity index is 0.000000462. The van der Waals surface area contributed by atoms with Crippen LogP contribution >= 0.6 is 31.1 Å². The van der Waals surface area contributed by atoms with Gasteiger partial charge in [0.05, 0.1) is 0 Å². The van der Waals surface area contributed by atoms with Gasteiger partial charge in [-0.3, -0.25) is 23.2 Å². The van der Waals surface area contributed by atoms with Crippen molar-refractivity contribution in [3.8, 4) is 6.07 Å². The number of benzene rings is 3. The Morgan fingerprint density at radius 2 is 0.880 bits per heavy atom. The molecule has 3 rings (SSSR count). The van der Waals surface area contributed by atoms with E-state index in [4.69, 9.17) is 28.5 Å². The second-order valence-corrected chi connectivity index (χ2v) is 7.88. The van der Waals surface area contributed by atoms with E-state index in [1.165, 1.54) is 22.0 Å². The Labute approximate surface area is 175 Å². The first-order valence-electron chi connectivity index (χ1n) is 7.25. The second kappa shape index (κ2) is 12.2. The fraction of sp³-hybridized carbons (Fsp3) is 0. The number of hydrogen-bond acceptors (Lipinski definition) is 1. The van der Waals surface area contributed by atoms with E-state index in [1.807, 2.05) is 0 Å². The van der Waals surface area contributed by atoms with Crippen molar-refractivity contribution < 1.29 is 22.4 Å². The third-order valence-electron chi connectivity index (χ3n) is 3.13. The average Bonchev–Trinajstić information content (AvgIpc) is 2.65. The third-order valence-corrected chi connectivity index (χ3v) is 5.74. The minimum absolute atomic E-state index is 0. The molecule has 0 N–H and O–H groups in total. The predicted molar refractivity (Wildman–Crippen MR) is 106 cm³/mol. The van der Waals surface area contributed by atoms with Gasteiger partial charge in [0.15, 0.2) is 0 Å². The van der Waals surface area contributed by atoms with E-state index in [-0.39, 0.29) is 27.2 Å². The van der Waals surface area contributed by atoms with Crippen molar-refractivity contribution in [1.29, 1.82) is 5.26 Å². The van der Waals surface area contributed by atoms with Crippen molar-refractivity contribution in [2.24, 2.45) is 0 Å². The van der Waals surface area contributed by atoms with Gasteiger partial charge >= 0.3 is 22.4 Å². The molecule has 0 aromatic heterocycles. The molecule has 0 bridgehead atoms. The zero-order chi connectivity index (χ0) is 17.2. The number of hydrogen-bond donors (Lipinski definition) is 0. The fourth-order valence-electron chi connectivity index (χ4n) is 2.18. The van der Waals surface area contributed by atoms with Crippen LogP contribution in [0, 0.1) is 16.2 Å². The van der Waals surface area contributed by atoms with Gasteiger partial charge in [0.2, 0.25) is 0 Å². The van der Waals surface area contributed by atoms with Crippen molar-refractivity contribution in [2.75, 3.05) is 0 Å². The Bertz CT molecular complexity index is 668. The van der Waals surface area contributed by atoms with Gasteiger partial charge in [-0.15, -0.1) is 4.84 Å². The van der Waals surface area contributed by atoms with Crippen LogP contribution in [-0.4, -0.2) is 0 Å². The molecule has 0 saturated heterocycles. The number of halogens is 2. The molecule has 0 unspecified atom stereocenters. The summed E-state index contributed by atoms with van der Waals surface area (Å²) in [5.41, 5.74) is 0. The maximum absolute atomic E-state index is 7.59. The minimum Gasteiger partial charge on any atom is -0.293 e. The van der Waals surface area contributed by atoms with Crippen LogP contribution in [0.1, 0.15) is 0 Å². The van der Waals surface area contributed by atoms with Gasteiger partial charge in [0, 0.05) is 0 Å². The Morgan fingerprint density at radius 1 is 0.640 bits per heavy atom. The maximum Gasteiger partial charge on any atom is 1.00 e. The van der Waals surface area contributed by atoms with Crippen LogP contribution in [0.4, 0.5) is 0 Å². The quantitative estimate of drug-likeness (QED) is 0.250. The Kier molecular flexibility index (Phi) is 10.6. The van der Waals surface area contributed by atoms with Gasteiger partial charge in [0.25, 0.3) is 0 Å². The molecule has 3 aromatic rings. The van der Waals surface area contributed by atoms with E-state index in [2.05, 4.69) is 91.0 Å². The summed E-state index contributed by atoms with van der Waals surface area (Å²) in [6.07, 6.45) is 0. The summed E-state index contributed by atoms with van der Waals surface area (Å²) in [4.78, 5) is -0.245. The standard InChI is InChI=1S/C18H15P.C2Cl2N.Au/c1-4-10-16(11-5-1)19(17-12-6-2-7-13-17)18-14-8-3-9-15-18;3-2(4)1-5;/h1-15H;;/q;-1;+1. The van der Waals surface area contributed by atoms with E-state index < -0.39 is 7.92 Å². The van der Waals surface area contributed by atoms with Gasteiger partial charge in [-0.25, -0.2) is 5.26 Å². The molecule has 1 nitrogen and oxygen atoms in total. The molecule has 0 aliphatic carbocycles. The maximum atomic E-state index is 7.59. The molecule has 0 atom stereocenters. The number of rotatable bonds is 3. The third kappa shape index (κ3) is 7.27. The van der Waals surface area contributed by atoms with E-state index in [9.17, 15) is 0 Å². The normalized spacial score (nSPS) is 9.20. The first-order chi connectivity index (χ1) is 11.7. The molecule has 3 aromatic carbocycles. The first kappa shape index (κ1) is 21.8. The number of nitrogens with zero attached hydrogens (tertiary/aromatic N) is 1. The van der Waals surface area contributed by atoms with Gasteiger partial charge < -0.3 is 0 Å². The molecule has 25 heavy (non-hydrogen) atoms. The van der Waals surface area contributed by atoms with Crippen LogP contribution in [0.5, 0.6) is 0 Å². The van der Waals surface area contributed by atoms with Crippen molar-refractivity contribution in [1.82, 2.24) is 0 Å². The van der Waals surface area contributed by atoms with E-state index in [0.717, 1.165) is 0 Å². The summed E-state index contributed by atoms with van der Waals surface area (Å²) in [5.74, 6) is 0. The SMILES string of the molecule is N#C[C-](Cl)Cl.[Au+].c1ccc(P(c2ccccc2)c2ccccc2)cc1. The van der Waals surface area contributed by atoms with Crippen LogP contribution in [0.15, 0.2) is 91.0 Å². The van der Waals surface area contributed by atoms with Crippen LogP contribution in [-0.2, 0) is 22.4 Å². The summed E-state index contributed by atoms with van der Waals surface area (Å²) < 4.78 is 0. The smallest absolute Gasteiger partial charge is 0.293 e. The molecule has 0 fully saturated rings. The van der Waals surface area contributed by atoms with Crippen molar-refractivity contribution in [3.05, 3.63) is 95.8 Å². The second-order valence-electron chi connectivity index (χ2n) is 4.71. The summed E-state index contributed by atoms with van der Waals surface area (Å²) in [5, 5.41) is 11.8. The molecule has 0 aliphatic rings. The van der Waals surface area contributed by atoms with Gasteiger partial charge in [0.1, 0.15) is 0 Å². The zero-order valence-corrected chi connectivity index (χ0v) is 17.7. The van der Waals surface area contributed by atoms with Gasteiger partial charge in [-0.1, -0.05) is 97.1 Å². The average molecular weight is 568 g/mol. The van der Waals surface area contributed by atoms with Gasteiger partial charge in [-0.05, 0) is 23.8 Å². The summed E-state index contributed by atoms with van der Waals surface area (Å²) in [7, 11) is -0.446. The molecular weight excluding hydrogens is 553 g/mol. The summed E-state index contributed by atoms with van der Waals surface area (Å²) >= 11 is 9.57. The largest absolute Gasteiger partial charge is 1.00 e. The molecule has 0 saturated carbocycles. The first-order valence-corrected chi connectivity index (χ1v) is 9.35. The Morgan fingerprint density at radius 3 is 1.08 bits per heavy atom. The van der Waals surface area contributed by atoms with E-state index in [0.29, 0.717) is 0 Å². The zero-order valence-electron chi connectivity index (χ0n) is 13.1. The molecule has 0 radical (unpaired) electrons. The van der Waals surface area contributed by atoms with Gasteiger partial charge in [-0.2, -0.15) is 0 Å². The molecule has 130 valence electrons. The minimum atomic E-state index is -0.446. The summed E-state index contributed by atoms with van der Waals surface area (Å²) in [6, 6.07) is 33.8. The van der Waals surface area contributed by atoms with Crippen LogP contribution in [0.2, 0.25) is 0 Å². The summed E-state index contributed by atoms with van der Waals surface area (Å²) in [6.45, 7) is 0. The van der Waals surface area contributed by atoms with E-state index >= 15 is 0 Å². The molecule has 0 aliphatic heterocycles. The van der Waals surface area contributed by atoms with Crippen molar-refractivity contribution in [3.63, 3.8) is 0 Å². The fourth-order valence-corrected chi connectivity index (χ4v) is 4.48. The van der Waals surface area contributed by atoms with Crippen LogP contribution < -0.4 is 15.9 Å². The molecular formula is C20H15AuCl2NP. The van der Waals surface area contributed by atoms with E-state index in [1.54, 1.807) is 0 Å². The van der Waals surface area contributed by atoms with Crippen LogP contribution in [0.25, 0.3) is 0 Å². The van der Waals surface area contributed by atoms with Crippen molar-refractivity contribution >= 4 is 47.0 Å². The number of nitriles is 1. The molecule has 0 heterocycles. The topological polar surface area (TPSA) is 23.8 Å². The Hall–Kier alpha value is -1.23.